The first-order valence-corrected chi connectivity index (χ1v) is 9.10. The highest BCUT2D eigenvalue weighted by Gasteiger charge is 2.17. The van der Waals surface area contributed by atoms with Crippen molar-refractivity contribution in [1.29, 1.82) is 0 Å². The molecule has 1 amide bonds. The minimum absolute atomic E-state index is 0.0626. The van der Waals surface area contributed by atoms with Crippen LogP contribution in [0.15, 0.2) is 48.7 Å². The normalized spacial score (nSPS) is 11.5. The molecule has 1 aromatic heterocycles. The maximum atomic E-state index is 13.5. The van der Waals surface area contributed by atoms with Gasteiger partial charge in [-0.2, -0.15) is 5.10 Å². The highest BCUT2D eigenvalue weighted by molar-refractivity contribution is 6.34. The molecular weight excluding hydrogens is 384 g/mol. The summed E-state index contributed by atoms with van der Waals surface area (Å²) in [5.41, 5.74) is 2.15. The summed E-state index contributed by atoms with van der Waals surface area (Å²) in [5.74, 6) is -2.47. The topological polar surface area (TPSA) is 46.9 Å². The van der Waals surface area contributed by atoms with Crippen LogP contribution in [0.5, 0.6) is 0 Å². The molecule has 0 atom stereocenters. The number of aromatic nitrogens is 2. The van der Waals surface area contributed by atoms with E-state index in [0.717, 1.165) is 17.7 Å². The van der Waals surface area contributed by atoms with E-state index < -0.39 is 17.5 Å². The summed E-state index contributed by atoms with van der Waals surface area (Å²) in [6.07, 6.45) is 1.55. The number of amides is 1. The summed E-state index contributed by atoms with van der Waals surface area (Å²) in [7, 11) is 0. The zero-order chi connectivity index (χ0) is 20.5. The molecule has 0 aliphatic carbocycles. The van der Waals surface area contributed by atoms with E-state index in [1.807, 2.05) is 12.1 Å². The highest BCUT2D eigenvalue weighted by atomic mass is 35.5. The molecule has 0 spiro atoms. The van der Waals surface area contributed by atoms with Crippen molar-refractivity contribution < 1.29 is 13.6 Å². The number of nitrogens with zero attached hydrogens (tertiary/aromatic N) is 2. The molecule has 2 aromatic carbocycles. The molecule has 0 aliphatic rings. The maximum Gasteiger partial charge on any atom is 0.258 e. The van der Waals surface area contributed by atoms with E-state index in [-0.39, 0.29) is 16.0 Å². The molecular formula is C21H20ClF2N3O. The van der Waals surface area contributed by atoms with Crippen LogP contribution < -0.4 is 5.32 Å². The van der Waals surface area contributed by atoms with Gasteiger partial charge in [-0.1, -0.05) is 56.6 Å². The van der Waals surface area contributed by atoms with E-state index in [1.165, 1.54) is 5.56 Å². The van der Waals surface area contributed by atoms with Crippen LogP contribution in [0.25, 0.3) is 0 Å². The Morgan fingerprint density at radius 2 is 1.75 bits per heavy atom. The number of anilines is 1. The Morgan fingerprint density at radius 3 is 2.39 bits per heavy atom. The Morgan fingerprint density at radius 1 is 1.11 bits per heavy atom. The van der Waals surface area contributed by atoms with E-state index in [1.54, 1.807) is 16.9 Å². The molecule has 0 aliphatic heterocycles. The van der Waals surface area contributed by atoms with Gasteiger partial charge in [0.05, 0.1) is 23.3 Å². The lowest BCUT2D eigenvalue weighted by molar-refractivity contribution is 0.102. The van der Waals surface area contributed by atoms with Crippen molar-refractivity contribution >= 4 is 23.3 Å². The standard InChI is InChI=1S/C21H20ClF2N3O/c1-21(2,3)14-6-4-13(5-7-14)12-27-19(8-9-25-27)26-20(28)15-10-17(23)18(24)11-16(15)22/h4-11H,12H2,1-3H3,(H,26,28). The minimum Gasteiger partial charge on any atom is -0.307 e. The molecule has 0 fully saturated rings. The average molecular weight is 404 g/mol. The third-order valence-electron chi connectivity index (χ3n) is 4.37. The molecule has 0 radical (unpaired) electrons. The second-order valence-corrected chi connectivity index (χ2v) is 7.93. The molecule has 146 valence electrons. The quantitative estimate of drug-likeness (QED) is 0.592. The van der Waals surface area contributed by atoms with Gasteiger partial charge in [-0.3, -0.25) is 4.79 Å². The Bertz CT molecular complexity index is 1010. The van der Waals surface area contributed by atoms with Gasteiger partial charge in [-0.25, -0.2) is 13.5 Å². The van der Waals surface area contributed by atoms with Gasteiger partial charge >= 0.3 is 0 Å². The SMILES string of the molecule is CC(C)(C)c1ccc(Cn2nccc2NC(=O)c2cc(F)c(F)cc2Cl)cc1. The Kier molecular flexibility index (Phi) is 5.52. The van der Waals surface area contributed by atoms with Gasteiger partial charge in [0, 0.05) is 6.07 Å². The van der Waals surface area contributed by atoms with Crippen molar-refractivity contribution in [3.8, 4) is 0 Å². The molecule has 7 heteroatoms. The molecule has 3 rings (SSSR count). The number of hydrogen-bond acceptors (Lipinski definition) is 2. The molecule has 4 nitrogen and oxygen atoms in total. The van der Waals surface area contributed by atoms with Crippen LogP contribution in [0.4, 0.5) is 14.6 Å². The van der Waals surface area contributed by atoms with Gasteiger partial charge in [0.25, 0.3) is 5.91 Å². The highest BCUT2D eigenvalue weighted by Crippen LogP contribution is 2.24. The van der Waals surface area contributed by atoms with Crippen LogP contribution >= 0.6 is 11.6 Å². The average Bonchev–Trinajstić information content (AvgIpc) is 3.04. The Balaban J connectivity index is 1.77. The van der Waals surface area contributed by atoms with Gasteiger partial charge in [0.2, 0.25) is 0 Å². The van der Waals surface area contributed by atoms with Gasteiger partial charge in [-0.05, 0) is 28.7 Å². The van der Waals surface area contributed by atoms with Gasteiger partial charge in [-0.15, -0.1) is 0 Å². The number of carbonyl (C=O) groups is 1. The number of hydrogen-bond donors (Lipinski definition) is 1. The molecule has 28 heavy (non-hydrogen) atoms. The van der Waals surface area contributed by atoms with Crippen LogP contribution in [-0.4, -0.2) is 15.7 Å². The molecule has 0 unspecified atom stereocenters. The summed E-state index contributed by atoms with van der Waals surface area (Å²) < 4.78 is 28.3. The van der Waals surface area contributed by atoms with Crippen molar-refractivity contribution in [2.24, 2.45) is 0 Å². The van der Waals surface area contributed by atoms with Crippen molar-refractivity contribution in [2.45, 2.75) is 32.7 Å². The summed E-state index contributed by atoms with van der Waals surface area (Å²) in [6.45, 7) is 6.88. The molecule has 1 N–H and O–H groups in total. The first-order valence-electron chi connectivity index (χ1n) is 8.72. The number of nitrogens with one attached hydrogen (secondary N) is 1. The van der Waals surface area contributed by atoms with Crippen LogP contribution in [0.3, 0.4) is 0 Å². The van der Waals surface area contributed by atoms with Crippen molar-refractivity contribution in [2.75, 3.05) is 5.32 Å². The van der Waals surface area contributed by atoms with E-state index in [9.17, 15) is 13.6 Å². The predicted octanol–water partition coefficient (Wildman–Crippen LogP) is 5.41. The van der Waals surface area contributed by atoms with Gasteiger partial charge < -0.3 is 5.32 Å². The molecule has 0 saturated heterocycles. The van der Waals surface area contributed by atoms with Crippen molar-refractivity contribution in [3.63, 3.8) is 0 Å². The maximum absolute atomic E-state index is 13.5. The monoisotopic (exact) mass is 403 g/mol. The third kappa shape index (κ3) is 4.39. The molecule has 1 heterocycles. The lowest BCUT2D eigenvalue weighted by Crippen LogP contribution is -2.17. The summed E-state index contributed by atoms with van der Waals surface area (Å²) in [6, 6.07) is 11.3. The zero-order valence-corrected chi connectivity index (χ0v) is 16.5. The predicted molar refractivity (Wildman–Crippen MR) is 106 cm³/mol. The fourth-order valence-corrected chi connectivity index (χ4v) is 2.96. The van der Waals surface area contributed by atoms with Gasteiger partial charge in [0.15, 0.2) is 11.6 Å². The van der Waals surface area contributed by atoms with E-state index in [4.69, 9.17) is 11.6 Å². The Labute approximate surface area is 167 Å². The van der Waals surface area contributed by atoms with Crippen LogP contribution in [0, 0.1) is 11.6 Å². The first-order chi connectivity index (χ1) is 13.1. The number of halogens is 3. The summed E-state index contributed by atoms with van der Waals surface area (Å²) in [5, 5.41) is 6.69. The molecule has 0 saturated carbocycles. The largest absolute Gasteiger partial charge is 0.307 e. The van der Waals surface area contributed by atoms with Gasteiger partial charge in [0.1, 0.15) is 5.82 Å². The lowest BCUT2D eigenvalue weighted by Gasteiger charge is -2.19. The smallest absolute Gasteiger partial charge is 0.258 e. The molecule has 3 aromatic rings. The third-order valence-corrected chi connectivity index (χ3v) is 4.68. The number of carbonyl (C=O) groups excluding carboxylic acids is 1. The van der Waals surface area contributed by atoms with E-state index in [2.05, 4.69) is 43.3 Å². The van der Waals surface area contributed by atoms with E-state index in [0.29, 0.717) is 12.4 Å². The lowest BCUT2D eigenvalue weighted by atomic mass is 9.87. The second kappa shape index (κ2) is 7.72. The summed E-state index contributed by atoms with van der Waals surface area (Å²) in [4.78, 5) is 12.4. The minimum atomic E-state index is -1.14. The van der Waals surface area contributed by atoms with Crippen LogP contribution in [0.1, 0.15) is 42.3 Å². The van der Waals surface area contributed by atoms with E-state index >= 15 is 0 Å². The summed E-state index contributed by atoms with van der Waals surface area (Å²) >= 11 is 5.87. The zero-order valence-electron chi connectivity index (χ0n) is 15.8. The number of benzene rings is 2. The fraction of sp³-hybridized carbons (Fsp3) is 0.238. The van der Waals surface area contributed by atoms with Crippen molar-refractivity contribution in [1.82, 2.24) is 9.78 Å². The van der Waals surface area contributed by atoms with Crippen LogP contribution in [0.2, 0.25) is 5.02 Å². The van der Waals surface area contributed by atoms with Crippen LogP contribution in [-0.2, 0) is 12.0 Å². The first kappa shape index (κ1) is 20.0. The second-order valence-electron chi connectivity index (χ2n) is 7.52. The fourth-order valence-electron chi connectivity index (χ4n) is 2.73. The number of rotatable bonds is 4. The molecule has 0 bridgehead atoms. The Hall–Kier alpha value is -2.73. The van der Waals surface area contributed by atoms with Crippen molar-refractivity contribution in [3.05, 3.63) is 82.0 Å².